The number of carbonyl (C=O) groups is 1. The molecule has 1 aliphatic rings. The second-order valence-corrected chi connectivity index (χ2v) is 8.83. The number of thioether (sulfide) groups is 1. The van der Waals surface area contributed by atoms with Crippen molar-refractivity contribution in [2.75, 3.05) is 0 Å². The number of nitro groups is 1. The summed E-state index contributed by atoms with van der Waals surface area (Å²) in [5.74, 6) is 1.22. The number of Topliss-reactive ketones (excluding diaryl/α,β-unsaturated/α-hetero) is 1. The fourth-order valence-corrected chi connectivity index (χ4v) is 4.64. The lowest BCUT2D eigenvalue weighted by atomic mass is 9.82. The van der Waals surface area contributed by atoms with Crippen molar-refractivity contribution < 1.29 is 9.72 Å². The molecular formula is C23H19N5O3S. The molecule has 5 rings (SSSR count). The molecule has 9 heteroatoms. The number of aryl methyl sites for hydroxylation is 1. The third kappa shape index (κ3) is 3.99. The van der Waals surface area contributed by atoms with Crippen molar-refractivity contribution in [3.8, 4) is 0 Å². The van der Waals surface area contributed by atoms with Gasteiger partial charge in [-0.3, -0.25) is 14.9 Å². The number of nitrogens with zero attached hydrogens (tertiary/aromatic N) is 5. The number of non-ortho nitro benzene ring substituents is 1. The predicted octanol–water partition coefficient (Wildman–Crippen LogP) is 4.55. The summed E-state index contributed by atoms with van der Waals surface area (Å²) in [4.78, 5) is 32.3. The van der Waals surface area contributed by atoms with Crippen molar-refractivity contribution in [1.82, 2.24) is 19.6 Å². The van der Waals surface area contributed by atoms with Crippen LogP contribution in [0.1, 0.15) is 45.1 Å². The normalized spacial score (nSPS) is 15.7. The maximum atomic E-state index is 12.8. The number of benzene rings is 2. The fourth-order valence-electron chi connectivity index (χ4n) is 3.86. The molecule has 0 fully saturated rings. The number of aromatic nitrogens is 4. The lowest BCUT2D eigenvalue weighted by molar-refractivity contribution is -0.384. The molecule has 1 unspecified atom stereocenters. The summed E-state index contributed by atoms with van der Waals surface area (Å²) < 4.78 is 1.56. The van der Waals surface area contributed by atoms with Crippen molar-refractivity contribution >= 4 is 29.0 Å². The van der Waals surface area contributed by atoms with E-state index >= 15 is 0 Å². The molecule has 2 aromatic carbocycles. The van der Waals surface area contributed by atoms with Gasteiger partial charge in [0.15, 0.2) is 5.78 Å². The molecular weight excluding hydrogens is 426 g/mol. The average molecular weight is 446 g/mol. The van der Waals surface area contributed by atoms with Crippen molar-refractivity contribution in [2.24, 2.45) is 0 Å². The summed E-state index contributed by atoms with van der Waals surface area (Å²) in [6.07, 6.45) is 2.88. The molecule has 8 nitrogen and oxygen atoms in total. The van der Waals surface area contributed by atoms with Gasteiger partial charge in [-0.25, -0.2) is 9.50 Å². The van der Waals surface area contributed by atoms with Gasteiger partial charge in [0.05, 0.1) is 16.2 Å². The Morgan fingerprint density at radius 3 is 2.56 bits per heavy atom. The fraction of sp³-hybridized carbons (Fsp3) is 0.217. The minimum Gasteiger partial charge on any atom is -0.294 e. The summed E-state index contributed by atoms with van der Waals surface area (Å²) in [7, 11) is 0. The Morgan fingerprint density at radius 1 is 1.09 bits per heavy atom. The maximum absolute atomic E-state index is 12.8. The molecule has 2 aromatic heterocycles. The highest BCUT2D eigenvalue weighted by Crippen LogP contribution is 2.32. The Bertz CT molecular complexity index is 1330. The van der Waals surface area contributed by atoms with Crippen LogP contribution in [0.5, 0.6) is 0 Å². The molecule has 32 heavy (non-hydrogen) atoms. The van der Waals surface area contributed by atoms with E-state index in [1.807, 2.05) is 6.92 Å². The van der Waals surface area contributed by atoms with Gasteiger partial charge in [-0.2, -0.15) is 4.98 Å². The second-order valence-electron chi connectivity index (χ2n) is 7.89. The van der Waals surface area contributed by atoms with Crippen LogP contribution in [-0.4, -0.2) is 30.3 Å². The van der Waals surface area contributed by atoms with Gasteiger partial charge in [-0.15, -0.1) is 5.10 Å². The minimum atomic E-state index is -0.418. The zero-order valence-corrected chi connectivity index (χ0v) is 18.1. The van der Waals surface area contributed by atoms with Crippen molar-refractivity contribution in [3.05, 3.63) is 92.8 Å². The maximum Gasteiger partial charge on any atom is 0.269 e. The number of carbonyl (C=O) groups excluding carboxylic acids is 1. The van der Waals surface area contributed by atoms with Crippen LogP contribution in [0.25, 0.3) is 5.78 Å². The van der Waals surface area contributed by atoms with E-state index in [-0.39, 0.29) is 17.4 Å². The smallest absolute Gasteiger partial charge is 0.269 e. The van der Waals surface area contributed by atoms with E-state index in [1.54, 1.807) is 22.8 Å². The molecule has 1 atom stereocenters. The van der Waals surface area contributed by atoms with Crippen LogP contribution in [0.2, 0.25) is 0 Å². The van der Waals surface area contributed by atoms with Crippen LogP contribution >= 0.6 is 11.8 Å². The van der Waals surface area contributed by atoms with E-state index in [1.165, 1.54) is 29.5 Å². The van der Waals surface area contributed by atoms with Gasteiger partial charge >= 0.3 is 0 Å². The van der Waals surface area contributed by atoms with E-state index in [2.05, 4.69) is 39.3 Å². The monoisotopic (exact) mass is 445 g/mol. The van der Waals surface area contributed by atoms with Crippen molar-refractivity contribution in [3.63, 3.8) is 0 Å². The van der Waals surface area contributed by atoms with E-state index in [0.717, 1.165) is 16.8 Å². The van der Waals surface area contributed by atoms with Crippen molar-refractivity contribution in [2.45, 2.75) is 36.6 Å². The zero-order chi connectivity index (χ0) is 22.2. The third-order valence-electron chi connectivity index (χ3n) is 5.63. The highest BCUT2D eigenvalue weighted by Gasteiger charge is 2.28. The quantitative estimate of drug-likeness (QED) is 0.252. The Hall–Kier alpha value is -3.59. The van der Waals surface area contributed by atoms with Crippen LogP contribution < -0.4 is 0 Å². The van der Waals surface area contributed by atoms with Gasteiger partial charge in [0.25, 0.3) is 11.5 Å². The topological polar surface area (TPSA) is 103 Å². The van der Waals surface area contributed by atoms with Gasteiger partial charge in [-0.1, -0.05) is 53.7 Å². The van der Waals surface area contributed by atoms with Gasteiger partial charge in [-0.05, 0) is 30.4 Å². The molecule has 0 bridgehead atoms. The summed E-state index contributed by atoms with van der Waals surface area (Å²) in [5.41, 5.74) is 4.71. The summed E-state index contributed by atoms with van der Waals surface area (Å²) >= 11 is 1.42. The van der Waals surface area contributed by atoms with E-state index in [0.29, 0.717) is 35.1 Å². The number of fused-ring (bicyclic) bond motifs is 2. The number of nitro benzene ring substituents is 1. The highest BCUT2D eigenvalue weighted by atomic mass is 32.2. The summed E-state index contributed by atoms with van der Waals surface area (Å²) in [6, 6.07) is 14.7. The van der Waals surface area contributed by atoms with E-state index in [4.69, 9.17) is 0 Å². The Morgan fingerprint density at radius 2 is 1.84 bits per heavy atom. The lowest BCUT2D eigenvalue weighted by Gasteiger charge is -2.23. The molecule has 0 radical (unpaired) electrons. The first-order valence-electron chi connectivity index (χ1n) is 10.2. The third-order valence-corrected chi connectivity index (χ3v) is 6.54. The molecule has 0 aliphatic heterocycles. The van der Waals surface area contributed by atoms with E-state index < -0.39 is 4.92 Å². The first-order valence-corrected chi connectivity index (χ1v) is 11.2. The largest absolute Gasteiger partial charge is 0.294 e. The molecule has 0 amide bonds. The summed E-state index contributed by atoms with van der Waals surface area (Å²) in [5, 5.41) is 15.8. The highest BCUT2D eigenvalue weighted by molar-refractivity contribution is 7.98. The molecule has 0 saturated heterocycles. The molecule has 0 saturated carbocycles. The Kier molecular flexibility index (Phi) is 5.18. The first-order chi connectivity index (χ1) is 15.5. The van der Waals surface area contributed by atoms with Crippen LogP contribution in [0.3, 0.4) is 0 Å². The molecule has 2 heterocycles. The predicted molar refractivity (Wildman–Crippen MR) is 120 cm³/mol. The van der Waals surface area contributed by atoms with Gasteiger partial charge < -0.3 is 0 Å². The second kappa shape index (κ2) is 8.16. The molecule has 0 N–H and O–H groups in total. The van der Waals surface area contributed by atoms with Crippen LogP contribution in [-0.2, 0) is 12.2 Å². The lowest BCUT2D eigenvalue weighted by Crippen LogP contribution is -2.21. The molecule has 0 spiro atoms. The SMILES string of the molecule is Cc1ccc(C2CC(=O)c3cn4nc(SCc5ccc([N+](=O)[O-])cc5)nc4nc3C2)cc1. The molecule has 1 aliphatic carbocycles. The minimum absolute atomic E-state index is 0.0630. The standard InChI is InChI=1S/C23H19N5O3S/c1-14-2-6-16(7-3-14)17-10-20-19(21(29)11-17)12-27-22(24-20)25-23(26-27)32-13-15-4-8-18(9-5-15)28(30)31/h2-9,12,17H,10-11,13H2,1H3. The first kappa shape index (κ1) is 20.3. The Balaban J connectivity index is 1.36. The van der Waals surface area contributed by atoms with E-state index in [9.17, 15) is 14.9 Å². The zero-order valence-electron chi connectivity index (χ0n) is 17.3. The van der Waals surface area contributed by atoms with Crippen LogP contribution in [0.15, 0.2) is 59.9 Å². The number of hydrogen-bond donors (Lipinski definition) is 0. The molecule has 4 aromatic rings. The number of ketones is 1. The Labute approximate surface area is 187 Å². The van der Waals surface area contributed by atoms with Gasteiger partial charge in [0.2, 0.25) is 5.16 Å². The average Bonchev–Trinajstić information content (AvgIpc) is 3.19. The number of rotatable bonds is 5. The van der Waals surface area contributed by atoms with Gasteiger partial charge in [0.1, 0.15) is 0 Å². The van der Waals surface area contributed by atoms with Gasteiger partial charge in [0, 0.05) is 30.5 Å². The van der Waals surface area contributed by atoms with Crippen LogP contribution in [0, 0.1) is 17.0 Å². The number of hydrogen-bond acceptors (Lipinski definition) is 7. The summed E-state index contributed by atoms with van der Waals surface area (Å²) in [6.45, 7) is 2.05. The van der Waals surface area contributed by atoms with Crippen LogP contribution in [0.4, 0.5) is 5.69 Å². The molecule has 160 valence electrons. The van der Waals surface area contributed by atoms with Crippen molar-refractivity contribution in [1.29, 1.82) is 0 Å².